The van der Waals surface area contributed by atoms with E-state index < -0.39 is 0 Å². The summed E-state index contributed by atoms with van der Waals surface area (Å²) in [5, 5.41) is 1.83. The number of carbonyl (C=O) groups excluding carboxylic acids is 1. The van der Waals surface area contributed by atoms with Crippen LogP contribution in [-0.2, 0) is 7.05 Å². The Kier molecular flexibility index (Phi) is 3.52. The van der Waals surface area contributed by atoms with Crippen molar-refractivity contribution in [1.29, 1.82) is 0 Å². The van der Waals surface area contributed by atoms with Gasteiger partial charge < -0.3 is 4.57 Å². The fourth-order valence-electron chi connectivity index (χ4n) is 2.49. The highest BCUT2D eigenvalue weighted by Gasteiger charge is 2.18. The van der Waals surface area contributed by atoms with E-state index in [0.717, 1.165) is 16.5 Å². The van der Waals surface area contributed by atoms with E-state index in [9.17, 15) is 4.79 Å². The fourth-order valence-corrected chi connectivity index (χ4v) is 2.87. The van der Waals surface area contributed by atoms with E-state index in [1.165, 1.54) is 0 Å². The van der Waals surface area contributed by atoms with E-state index in [1.54, 1.807) is 18.2 Å². The van der Waals surface area contributed by atoms with E-state index in [-0.39, 0.29) is 5.78 Å². The second-order valence-corrected chi connectivity index (χ2v) is 5.97. The van der Waals surface area contributed by atoms with Crippen LogP contribution in [-0.4, -0.2) is 10.4 Å². The summed E-state index contributed by atoms with van der Waals surface area (Å²) in [5.41, 5.74) is 3.24. The number of aryl methyl sites for hydroxylation is 2. The maximum Gasteiger partial charge on any atom is 0.196 e. The van der Waals surface area contributed by atoms with Crippen LogP contribution in [0.4, 0.5) is 0 Å². The molecule has 4 heteroatoms. The highest BCUT2D eigenvalue weighted by molar-refractivity contribution is 6.37. The predicted molar refractivity (Wildman–Crippen MR) is 87.6 cm³/mol. The molecule has 0 saturated heterocycles. The number of ketones is 1. The summed E-state index contributed by atoms with van der Waals surface area (Å²) in [6, 6.07) is 11.0. The Balaban J connectivity index is 2.21. The number of aromatic nitrogens is 1. The van der Waals surface area contributed by atoms with Gasteiger partial charge in [-0.25, -0.2) is 0 Å². The SMILES string of the molecule is Cc1ccc2c(C(=O)c3cc(Cl)ccc3Cl)cn(C)c2c1. The highest BCUT2D eigenvalue weighted by atomic mass is 35.5. The van der Waals surface area contributed by atoms with Crippen LogP contribution < -0.4 is 0 Å². The molecule has 2 aromatic carbocycles. The number of benzene rings is 2. The third-order valence-electron chi connectivity index (χ3n) is 3.56. The zero-order valence-electron chi connectivity index (χ0n) is 11.7. The molecule has 0 saturated carbocycles. The van der Waals surface area contributed by atoms with Crippen molar-refractivity contribution >= 4 is 39.9 Å². The standard InChI is InChI=1S/C17H13Cl2NO/c1-10-3-5-12-14(9-20(2)16(12)7-10)17(21)13-8-11(18)4-6-15(13)19/h3-9H,1-2H3. The molecule has 0 fully saturated rings. The minimum absolute atomic E-state index is 0.114. The number of halogens is 2. The lowest BCUT2D eigenvalue weighted by Crippen LogP contribution is -2.01. The minimum Gasteiger partial charge on any atom is -0.350 e. The van der Waals surface area contributed by atoms with Crippen molar-refractivity contribution in [1.82, 2.24) is 4.57 Å². The molecule has 0 N–H and O–H groups in total. The van der Waals surface area contributed by atoms with Crippen molar-refractivity contribution < 1.29 is 4.79 Å². The first-order chi connectivity index (χ1) is 9.97. The van der Waals surface area contributed by atoms with Gasteiger partial charge in [0.15, 0.2) is 5.78 Å². The van der Waals surface area contributed by atoms with Crippen LogP contribution in [0.1, 0.15) is 21.5 Å². The molecular formula is C17H13Cl2NO. The van der Waals surface area contributed by atoms with Gasteiger partial charge in [-0.05, 0) is 36.8 Å². The van der Waals surface area contributed by atoms with Crippen molar-refractivity contribution in [2.75, 3.05) is 0 Å². The monoisotopic (exact) mass is 317 g/mol. The average molecular weight is 318 g/mol. The smallest absolute Gasteiger partial charge is 0.196 e. The van der Waals surface area contributed by atoms with E-state index in [1.807, 2.05) is 36.9 Å². The van der Waals surface area contributed by atoms with Gasteiger partial charge in [-0.3, -0.25) is 4.79 Å². The molecule has 0 spiro atoms. The summed E-state index contributed by atoms with van der Waals surface area (Å²) in [6.07, 6.45) is 1.84. The lowest BCUT2D eigenvalue weighted by atomic mass is 10.0. The number of rotatable bonds is 2. The largest absolute Gasteiger partial charge is 0.350 e. The fraction of sp³-hybridized carbons (Fsp3) is 0.118. The molecule has 0 aliphatic heterocycles. The molecule has 3 aromatic rings. The van der Waals surface area contributed by atoms with Crippen molar-refractivity contribution in [3.05, 3.63) is 69.3 Å². The molecule has 0 unspecified atom stereocenters. The molecule has 1 aromatic heterocycles. The normalized spacial score (nSPS) is 11.0. The number of carbonyl (C=O) groups is 1. The Morgan fingerprint density at radius 1 is 1.05 bits per heavy atom. The Bertz CT molecular complexity index is 865. The zero-order valence-corrected chi connectivity index (χ0v) is 13.2. The summed E-state index contributed by atoms with van der Waals surface area (Å²) in [5.74, 6) is -0.114. The maximum atomic E-state index is 12.8. The second kappa shape index (κ2) is 5.21. The molecule has 2 nitrogen and oxygen atoms in total. The number of hydrogen-bond acceptors (Lipinski definition) is 1. The predicted octanol–water partition coefficient (Wildman–Crippen LogP) is 5.02. The highest BCUT2D eigenvalue weighted by Crippen LogP contribution is 2.28. The molecule has 0 amide bonds. The molecule has 0 bridgehead atoms. The zero-order chi connectivity index (χ0) is 15.1. The first kappa shape index (κ1) is 14.2. The van der Waals surface area contributed by atoms with Crippen molar-refractivity contribution in [2.45, 2.75) is 6.92 Å². The lowest BCUT2D eigenvalue weighted by Gasteiger charge is -2.03. The Hall–Kier alpha value is -1.77. The van der Waals surface area contributed by atoms with Crippen LogP contribution >= 0.6 is 23.2 Å². The van der Waals surface area contributed by atoms with Crippen LogP contribution in [0.15, 0.2) is 42.6 Å². The third-order valence-corrected chi connectivity index (χ3v) is 4.13. The molecule has 0 atom stereocenters. The van der Waals surface area contributed by atoms with E-state index in [4.69, 9.17) is 23.2 Å². The van der Waals surface area contributed by atoms with Gasteiger partial charge in [0.05, 0.1) is 5.02 Å². The van der Waals surface area contributed by atoms with Crippen LogP contribution in [0.25, 0.3) is 10.9 Å². The van der Waals surface area contributed by atoms with Crippen molar-refractivity contribution in [2.24, 2.45) is 7.05 Å². The number of hydrogen-bond donors (Lipinski definition) is 0. The van der Waals surface area contributed by atoms with Gasteiger partial charge in [0, 0.05) is 40.3 Å². The first-order valence-corrected chi connectivity index (χ1v) is 7.28. The Morgan fingerprint density at radius 2 is 1.81 bits per heavy atom. The van der Waals surface area contributed by atoms with Gasteiger partial charge >= 0.3 is 0 Å². The van der Waals surface area contributed by atoms with Gasteiger partial charge in [-0.2, -0.15) is 0 Å². The quantitative estimate of drug-likeness (QED) is 0.608. The molecular weight excluding hydrogens is 305 g/mol. The van der Waals surface area contributed by atoms with Gasteiger partial charge in [0.2, 0.25) is 0 Å². The topological polar surface area (TPSA) is 22.0 Å². The Labute approximate surface area is 132 Å². The van der Waals surface area contributed by atoms with Gasteiger partial charge in [0.25, 0.3) is 0 Å². The van der Waals surface area contributed by atoms with Crippen LogP contribution in [0.2, 0.25) is 10.0 Å². The van der Waals surface area contributed by atoms with Crippen LogP contribution in [0.5, 0.6) is 0 Å². The van der Waals surface area contributed by atoms with Gasteiger partial charge in [0.1, 0.15) is 0 Å². The van der Waals surface area contributed by atoms with Gasteiger partial charge in [-0.15, -0.1) is 0 Å². The molecule has 3 rings (SSSR count). The first-order valence-electron chi connectivity index (χ1n) is 6.53. The summed E-state index contributed by atoms with van der Waals surface area (Å²) < 4.78 is 1.95. The molecule has 1 heterocycles. The molecule has 0 aliphatic carbocycles. The van der Waals surface area contributed by atoms with Crippen molar-refractivity contribution in [3.63, 3.8) is 0 Å². The second-order valence-electron chi connectivity index (χ2n) is 5.13. The van der Waals surface area contributed by atoms with Crippen LogP contribution in [0, 0.1) is 6.92 Å². The van der Waals surface area contributed by atoms with E-state index in [0.29, 0.717) is 21.2 Å². The summed E-state index contributed by atoms with van der Waals surface area (Å²) in [7, 11) is 1.93. The Morgan fingerprint density at radius 3 is 2.57 bits per heavy atom. The molecule has 21 heavy (non-hydrogen) atoms. The molecule has 106 valence electrons. The summed E-state index contributed by atoms with van der Waals surface area (Å²) >= 11 is 12.1. The maximum absolute atomic E-state index is 12.8. The minimum atomic E-state index is -0.114. The third kappa shape index (κ3) is 2.45. The lowest BCUT2D eigenvalue weighted by molar-refractivity contribution is 0.104. The van der Waals surface area contributed by atoms with E-state index in [2.05, 4.69) is 6.07 Å². The summed E-state index contributed by atoms with van der Waals surface area (Å²) in [6.45, 7) is 2.03. The summed E-state index contributed by atoms with van der Waals surface area (Å²) in [4.78, 5) is 12.8. The number of fused-ring (bicyclic) bond motifs is 1. The average Bonchev–Trinajstić information content (AvgIpc) is 2.78. The van der Waals surface area contributed by atoms with E-state index >= 15 is 0 Å². The van der Waals surface area contributed by atoms with Crippen molar-refractivity contribution in [3.8, 4) is 0 Å². The molecule has 0 aliphatic rings. The number of nitrogens with zero attached hydrogens (tertiary/aromatic N) is 1. The van der Waals surface area contributed by atoms with Crippen LogP contribution in [0.3, 0.4) is 0 Å². The van der Waals surface area contributed by atoms with Gasteiger partial charge in [-0.1, -0.05) is 35.3 Å². The molecule has 0 radical (unpaired) electrons.